The highest BCUT2D eigenvalue weighted by atomic mass is 31.0. The molecule has 2 heterocycles. The Hall–Kier alpha value is -2.40. The third-order valence-corrected chi connectivity index (χ3v) is 6.87. The monoisotopic (exact) mass is 477 g/mol. The molecule has 0 aliphatic heterocycles. The zero-order valence-electron chi connectivity index (χ0n) is 20.5. The number of imidazole rings is 1. The van der Waals surface area contributed by atoms with Crippen molar-refractivity contribution in [3.8, 4) is 0 Å². The van der Waals surface area contributed by atoms with Crippen molar-refractivity contribution in [3.05, 3.63) is 48.0 Å². The van der Waals surface area contributed by atoms with Gasteiger partial charge in [0.25, 0.3) is 0 Å². The van der Waals surface area contributed by atoms with Gasteiger partial charge in [-0.15, -0.1) is 0 Å². The maximum atomic E-state index is 12.9. The zero-order valence-corrected chi connectivity index (χ0v) is 21.7. The van der Waals surface area contributed by atoms with Gasteiger partial charge in [0.2, 0.25) is 5.91 Å². The van der Waals surface area contributed by atoms with Crippen molar-refractivity contribution in [1.29, 1.82) is 0 Å². The number of amides is 1. The van der Waals surface area contributed by atoms with Crippen molar-refractivity contribution in [2.24, 2.45) is 5.92 Å². The number of nitrogens with zero attached hydrogens (tertiary/aromatic N) is 3. The van der Waals surface area contributed by atoms with E-state index in [2.05, 4.69) is 29.8 Å². The molecule has 1 amide bonds. The Morgan fingerprint density at radius 2 is 1.79 bits per heavy atom. The SMILES string of the molecule is [B]c1nc(C(/C=C\C(=C/C)CNC(=O)C2CCCCCCCCC2)=C/C)c2c(NP)nccn12. The first-order valence-corrected chi connectivity index (χ1v) is 13.0. The first-order chi connectivity index (χ1) is 16.6. The van der Waals surface area contributed by atoms with E-state index < -0.39 is 0 Å². The molecular weight excluding hydrogens is 440 g/mol. The van der Waals surface area contributed by atoms with E-state index in [1.54, 1.807) is 12.4 Å². The van der Waals surface area contributed by atoms with Crippen molar-refractivity contribution in [2.45, 2.75) is 71.6 Å². The van der Waals surface area contributed by atoms with E-state index in [0.717, 1.165) is 48.0 Å². The van der Waals surface area contributed by atoms with Crippen molar-refractivity contribution < 1.29 is 4.79 Å². The Labute approximate surface area is 207 Å². The molecular formula is C26H37BN5OP. The summed E-state index contributed by atoms with van der Waals surface area (Å²) in [6.07, 6.45) is 22.3. The van der Waals surface area contributed by atoms with Crippen LogP contribution in [0.2, 0.25) is 0 Å². The van der Waals surface area contributed by atoms with Gasteiger partial charge < -0.3 is 14.8 Å². The van der Waals surface area contributed by atoms with Gasteiger partial charge in [0, 0.05) is 24.9 Å². The summed E-state index contributed by atoms with van der Waals surface area (Å²) in [7, 11) is 8.62. The molecule has 1 aliphatic rings. The van der Waals surface area contributed by atoms with Crippen molar-refractivity contribution >= 4 is 45.8 Å². The second kappa shape index (κ2) is 13.5. The molecule has 2 N–H and O–H groups in total. The van der Waals surface area contributed by atoms with Crippen molar-refractivity contribution in [2.75, 3.05) is 11.6 Å². The molecule has 180 valence electrons. The van der Waals surface area contributed by atoms with Crippen LogP contribution in [0.1, 0.15) is 77.3 Å². The molecule has 2 aromatic rings. The van der Waals surface area contributed by atoms with Gasteiger partial charge in [0.1, 0.15) is 5.52 Å². The molecule has 0 bridgehead atoms. The molecule has 0 aromatic carbocycles. The van der Waals surface area contributed by atoms with Crippen LogP contribution < -0.4 is 16.1 Å². The number of rotatable bonds is 7. The minimum absolute atomic E-state index is 0.136. The number of hydrogen-bond donors (Lipinski definition) is 2. The highest BCUT2D eigenvalue weighted by Crippen LogP contribution is 2.25. The largest absolute Gasteiger partial charge is 0.353 e. The fourth-order valence-corrected chi connectivity index (χ4v) is 4.75. The Kier molecular flexibility index (Phi) is 10.4. The summed E-state index contributed by atoms with van der Waals surface area (Å²) in [5, 5.41) is 6.22. The number of fused-ring (bicyclic) bond motifs is 1. The quantitative estimate of drug-likeness (QED) is 0.339. The van der Waals surface area contributed by atoms with Crippen LogP contribution >= 0.6 is 9.39 Å². The summed E-state index contributed by atoms with van der Waals surface area (Å²) >= 11 is 0. The second-order valence-electron chi connectivity index (χ2n) is 8.87. The average molecular weight is 477 g/mol. The average Bonchev–Trinajstić information content (AvgIpc) is 3.20. The third-order valence-electron chi connectivity index (χ3n) is 6.59. The summed E-state index contributed by atoms with van der Waals surface area (Å²) < 4.78 is 1.82. The van der Waals surface area contributed by atoms with Gasteiger partial charge in [-0.1, -0.05) is 69.2 Å². The van der Waals surface area contributed by atoms with Gasteiger partial charge in [-0.05, 0) is 47.2 Å². The molecule has 1 unspecified atom stereocenters. The number of nitrogens with one attached hydrogen (secondary N) is 2. The Morgan fingerprint density at radius 1 is 1.12 bits per heavy atom. The molecule has 1 aliphatic carbocycles. The summed E-state index contributed by atoms with van der Waals surface area (Å²) in [5.74, 6) is 1.01. The summed E-state index contributed by atoms with van der Waals surface area (Å²) in [6, 6.07) is 0. The standard InChI is InChI=1S/C26H37BN5OP/c1-3-19(18-29-25(33)21-12-10-8-6-5-7-9-11-13-21)14-15-20(4-2)22-23-24(31-34)28-16-17-32(23)26(27)30-22/h3-4,14-17,21H,5-13,18,34H2,1-2H3,(H,28,31)(H,29,33)/b15-14-,19-3+,20-4+. The second-order valence-corrected chi connectivity index (χ2v) is 9.15. The lowest BCUT2D eigenvalue weighted by Crippen LogP contribution is -2.32. The Balaban J connectivity index is 1.67. The van der Waals surface area contributed by atoms with Gasteiger partial charge in [0.15, 0.2) is 13.7 Å². The van der Waals surface area contributed by atoms with Crippen LogP contribution in [0, 0.1) is 5.92 Å². The van der Waals surface area contributed by atoms with Gasteiger partial charge >= 0.3 is 0 Å². The highest BCUT2D eigenvalue weighted by molar-refractivity contribution is 7.18. The number of carbonyl (C=O) groups is 1. The van der Waals surface area contributed by atoms with Crippen LogP contribution in [0.3, 0.4) is 0 Å². The van der Waals surface area contributed by atoms with Crippen LogP contribution in [0.4, 0.5) is 5.82 Å². The van der Waals surface area contributed by atoms with Crippen LogP contribution in [0.5, 0.6) is 0 Å². The van der Waals surface area contributed by atoms with Crippen molar-refractivity contribution in [1.82, 2.24) is 19.7 Å². The molecule has 0 saturated heterocycles. The van der Waals surface area contributed by atoms with E-state index in [1.165, 1.54) is 32.1 Å². The lowest BCUT2D eigenvalue weighted by atomic mass is 9.91. The molecule has 8 heteroatoms. The smallest absolute Gasteiger partial charge is 0.223 e. The fraction of sp³-hybridized carbons (Fsp3) is 0.500. The van der Waals surface area contributed by atoms with Gasteiger partial charge in [-0.25, -0.2) is 9.97 Å². The summed E-state index contributed by atoms with van der Waals surface area (Å²) in [5.41, 5.74) is 3.97. The van der Waals surface area contributed by atoms with Crippen LogP contribution in [-0.4, -0.2) is 34.7 Å². The molecule has 1 fully saturated rings. The van der Waals surface area contributed by atoms with Gasteiger partial charge in [-0.3, -0.25) is 4.79 Å². The normalized spacial score (nSPS) is 17.3. The molecule has 34 heavy (non-hydrogen) atoms. The van der Waals surface area contributed by atoms with E-state index in [4.69, 9.17) is 7.85 Å². The Morgan fingerprint density at radius 3 is 2.41 bits per heavy atom. The maximum Gasteiger partial charge on any atom is 0.223 e. The van der Waals surface area contributed by atoms with E-state index >= 15 is 0 Å². The first kappa shape index (κ1) is 26.2. The minimum atomic E-state index is 0.136. The van der Waals surface area contributed by atoms with Crippen molar-refractivity contribution in [3.63, 3.8) is 0 Å². The van der Waals surface area contributed by atoms with E-state index in [-0.39, 0.29) is 11.8 Å². The maximum absolute atomic E-state index is 12.9. The summed E-state index contributed by atoms with van der Waals surface area (Å²) in [4.78, 5) is 21.9. The zero-order chi connectivity index (χ0) is 24.3. The molecule has 1 saturated carbocycles. The number of anilines is 1. The topological polar surface area (TPSA) is 71.3 Å². The van der Waals surface area contributed by atoms with Crippen LogP contribution in [0.15, 0.2) is 42.3 Å². The highest BCUT2D eigenvalue weighted by Gasteiger charge is 2.18. The number of allylic oxidation sites excluding steroid dienone is 4. The number of carbonyl (C=O) groups excluding carboxylic acids is 1. The predicted molar refractivity (Wildman–Crippen MR) is 146 cm³/mol. The number of aromatic nitrogens is 3. The molecule has 3 rings (SSSR count). The fourth-order valence-electron chi connectivity index (χ4n) is 4.54. The molecule has 2 aromatic heterocycles. The Bertz CT molecular complexity index is 1050. The minimum Gasteiger partial charge on any atom is -0.353 e. The summed E-state index contributed by atoms with van der Waals surface area (Å²) in [6.45, 7) is 4.49. The predicted octanol–water partition coefficient (Wildman–Crippen LogP) is 4.89. The van der Waals surface area contributed by atoms with Crippen LogP contribution in [-0.2, 0) is 4.79 Å². The lowest BCUT2D eigenvalue weighted by molar-refractivity contribution is -0.125. The van der Waals surface area contributed by atoms with E-state index in [9.17, 15) is 4.79 Å². The van der Waals surface area contributed by atoms with Gasteiger partial charge in [-0.2, -0.15) is 0 Å². The van der Waals surface area contributed by atoms with E-state index in [0.29, 0.717) is 18.1 Å². The first-order valence-electron chi connectivity index (χ1n) is 12.5. The lowest BCUT2D eigenvalue weighted by Gasteiger charge is -2.18. The van der Waals surface area contributed by atoms with E-state index in [1.807, 2.05) is 42.6 Å². The van der Waals surface area contributed by atoms with Gasteiger partial charge in [0.05, 0.1) is 11.4 Å². The van der Waals surface area contributed by atoms with Crippen LogP contribution in [0.25, 0.3) is 11.1 Å². The molecule has 2 radical (unpaired) electrons. The molecule has 1 atom stereocenters. The third kappa shape index (κ3) is 6.82. The molecule has 0 spiro atoms. The number of hydrogen-bond acceptors (Lipinski definition) is 4. The molecule has 6 nitrogen and oxygen atoms in total.